The summed E-state index contributed by atoms with van der Waals surface area (Å²) in [6.45, 7) is 4.60. The highest BCUT2D eigenvalue weighted by Gasteiger charge is 2.44. The minimum Gasteiger partial charge on any atom is -0.475 e. The average Bonchev–Trinajstić information content (AvgIpc) is 3.04. The Morgan fingerprint density at radius 3 is 2.63 bits per heavy atom. The maximum Gasteiger partial charge on any atom is 0.490 e. The van der Waals surface area contributed by atoms with Crippen molar-refractivity contribution in [3.05, 3.63) is 30.1 Å². The van der Waals surface area contributed by atoms with Gasteiger partial charge in [-0.2, -0.15) is 13.2 Å². The molecule has 150 valence electrons. The molecule has 1 spiro atoms. The lowest BCUT2D eigenvalue weighted by molar-refractivity contribution is -0.192. The third-order valence-electron chi connectivity index (χ3n) is 4.82. The molecule has 2 aliphatic rings. The lowest BCUT2D eigenvalue weighted by Gasteiger charge is -2.39. The first-order chi connectivity index (χ1) is 12.7. The second-order valence-electron chi connectivity index (χ2n) is 6.82. The zero-order valence-corrected chi connectivity index (χ0v) is 15.0. The van der Waals surface area contributed by atoms with Crippen LogP contribution >= 0.6 is 0 Å². The number of alkyl halides is 3. The molecule has 0 aromatic carbocycles. The summed E-state index contributed by atoms with van der Waals surface area (Å²) in [6, 6.07) is 5.48. The maximum atomic E-state index is 12.5. The van der Waals surface area contributed by atoms with Gasteiger partial charge in [0, 0.05) is 12.7 Å². The van der Waals surface area contributed by atoms with Crippen LogP contribution < -0.4 is 0 Å². The first kappa shape index (κ1) is 21.1. The molecule has 1 aromatic heterocycles. The Labute approximate surface area is 155 Å². The van der Waals surface area contributed by atoms with Gasteiger partial charge in [0.25, 0.3) is 5.91 Å². The van der Waals surface area contributed by atoms with E-state index in [9.17, 15) is 18.0 Å². The summed E-state index contributed by atoms with van der Waals surface area (Å²) in [5.41, 5.74) is 0.443. The van der Waals surface area contributed by atoms with Crippen LogP contribution in [0.5, 0.6) is 0 Å². The number of ether oxygens (including phenoxy) is 1. The summed E-state index contributed by atoms with van der Waals surface area (Å²) >= 11 is 0. The number of hydrogen-bond donors (Lipinski definition) is 1. The first-order valence-corrected chi connectivity index (χ1v) is 8.81. The molecule has 0 bridgehead atoms. The fourth-order valence-electron chi connectivity index (χ4n) is 3.41. The third-order valence-corrected chi connectivity index (χ3v) is 4.82. The number of carboxylic acids is 1. The number of rotatable bonds is 2. The molecule has 1 amide bonds. The van der Waals surface area contributed by atoms with E-state index in [0.29, 0.717) is 11.6 Å². The number of carbonyl (C=O) groups is 2. The van der Waals surface area contributed by atoms with Gasteiger partial charge < -0.3 is 14.7 Å². The molecule has 2 aliphatic heterocycles. The van der Waals surface area contributed by atoms with E-state index in [1.165, 1.54) is 0 Å². The van der Waals surface area contributed by atoms with Crippen LogP contribution in [0.3, 0.4) is 0 Å². The zero-order valence-electron chi connectivity index (χ0n) is 15.0. The Hall–Kier alpha value is -2.16. The molecular formula is C18H23F3N2O4. The van der Waals surface area contributed by atoms with E-state index in [0.717, 1.165) is 45.4 Å². The van der Waals surface area contributed by atoms with Crippen LogP contribution in [0.2, 0.25) is 0 Å². The molecule has 2 saturated heterocycles. The fraction of sp³-hybridized carbons (Fsp3) is 0.611. The van der Waals surface area contributed by atoms with Crippen LogP contribution in [0, 0.1) is 5.92 Å². The maximum absolute atomic E-state index is 12.5. The summed E-state index contributed by atoms with van der Waals surface area (Å²) in [4.78, 5) is 27.5. The molecule has 27 heavy (non-hydrogen) atoms. The monoisotopic (exact) mass is 388 g/mol. The molecule has 1 N–H and O–H groups in total. The lowest BCUT2D eigenvalue weighted by Crippen LogP contribution is -2.50. The minimum absolute atomic E-state index is 0.0354. The number of hydrogen-bond acceptors (Lipinski definition) is 4. The molecule has 1 aromatic rings. The predicted molar refractivity (Wildman–Crippen MR) is 90.1 cm³/mol. The van der Waals surface area contributed by atoms with Crippen molar-refractivity contribution in [2.75, 3.05) is 19.7 Å². The van der Waals surface area contributed by atoms with Crippen LogP contribution in [0.4, 0.5) is 13.2 Å². The summed E-state index contributed by atoms with van der Waals surface area (Å²) < 4.78 is 37.8. The lowest BCUT2D eigenvalue weighted by atomic mass is 9.86. The molecule has 0 radical (unpaired) electrons. The van der Waals surface area contributed by atoms with Crippen LogP contribution in [0.1, 0.15) is 43.1 Å². The molecule has 2 unspecified atom stereocenters. The number of amides is 1. The van der Waals surface area contributed by atoms with E-state index in [1.807, 2.05) is 17.0 Å². The number of carboxylic acid groups (broad SMARTS) is 1. The van der Waals surface area contributed by atoms with Gasteiger partial charge in [-0.25, -0.2) is 4.79 Å². The molecule has 0 saturated carbocycles. The van der Waals surface area contributed by atoms with Gasteiger partial charge in [-0.3, -0.25) is 9.78 Å². The van der Waals surface area contributed by atoms with Crippen molar-refractivity contribution in [1.82, 2.24) is 9.88 Å². The smallest absolute Gasteiger partial charge is 0.475 e. The first-order valence-electron chi connectivity index (χ1n) is 8.81. The highest BCUT2D eigenvalue weighted by atomic mass is 19.4. The summed E-state index contributed by atoms with van der Waals surface area (Å²) in [5, 5.41) is 7.12. The van der Waals surface area contributed by atoms with E-state index in [-0.39, 0.29) is 11.5 Å². The fourth-order valence-corrected chi connectivity index (χ4v) is 3.41. The molecule has 3 heterocycles. The summed E-state index contributed by atoms with van der Waals surface area (Å²) in [5.74, 6) is -2.07. The van der Waals surface area contributed by atoms with E-state index < -0.39 is 12.1 Å². The van der Waals surface area contributed by atoms with Gasteiger partial charge in [-0.15, -0.1) is 0 Å². The molecule has 9 heteroatoms. The number of piperidine rings is 1. The van der Waals surface area contributed by atoms with Gasteiger partial charge in [0.15, 0.2) is 0 Å². The van der Waals surface area contributed by atoms with Crippen molar-refractivity contribution in [2.45, 2.75) is 44.4 Å². The standard InChI is InChI=1S/C16H22N2O2.C2HF3O2/c1-2-13-10-16(20-11-13)7-5-9-18(12-16)15(19)14-6-3-4-8-17-14;3-2(4,5)1(6)7/h3-4,6,8,13H,2,5,7,9-12H2,1H3;(H,6,7). The SMILES string of the molecule is CCC1COC2(CCCN(C(=O)c3ccccn3)C2)C1.O=C(O)C(F)(F)F. The van der Waals surface area contributed by atoms with E-state index in [2.05, 4.69) is 11.9 Å². The predicted octanol–water partition coefficient (Wildman–Crippen LogP) is 3.14. The van der Waals surface area contributed by atoms with Crippen molar-refractivity contribution in [3.63, 3.8) is 0 Å². The van der Waals surface area contributed by atoms with Gasteiger partial charge in [-0.05, 0) is 37.3 Å². The highest BCUT2D eigenvalue weighted by molar-refractivity contribution is 5.92. The van der Waals surface area contributed by atoms with Crippen molar-refractivity contribution < 1.29 is 32.6 Å². The largest absolute Gasteiger partial charge is 0.490 e. The van der Waals surface area contributed by atoms with E-state index in [1.54, 1.807) is 12.3 Å². The molecule has 0 aliphatic carbocycles. The molecule has 6 nitrogen and oxygen atoms in total. The minimum atomic E-state index is -5.08. The normalized spacial score (nSPS) is 25.0. The Morgan fingerprint density at radius 1 is 1.41 bits per heavy atom. The van der Waals surface area contributed by atoms with Crippen LogP contribution in [0.25, 0.3) is 0 Å². The van der Waals surface area contributed by atoms with Crippen LogP contribution in [-0.4, -0.2) is 58.3 Å². The van der Waals surface area contributed by atoms with Crippen LogP contribution in [0.15, 0.2) is 24.4 Å². The van der Waals surface area contributed by atoms with Crippen LogP contribution in [-0.2, 0) is 9.53 Å². The molecule has 2 atom stereocenters. The Bertz CT molecular complexity index is 654. The van der Waals surface area contributed by atoms with Crippen molar-refractivity contribution >= 4 is 11.9 Å². The Kier molecular flexibility index (Phi) is 6.80. The van der Waals surface area contributed by atoms with Crippen molar-refractivity contribution in [3.8, 4) is 0 Å². The van der Waals surface area contributed by atoms with Gasteiger partial charge in [-0.1, -0.05) is 19.4 Å². The van der Waals surface area contributed by atoms with Gasteiger partial charge in [0.2, 0.25) is 0 Å². The van der Waals surface area contributed by atoms with Gasteiger partial charge in [0.05, 0.1) is 18.8 Å². The molecule has 2 fully saturated rings. The van der Waals surface area contributed by atoms with Crippen molar-refractivity contribution in [1.29, 1.82) is 0 Å². The average molecular weight is 388 g/mol. The zero-order chi connectivity index (χ0) is 20.1. The van der Waals surface area contributed by atoms with E-state index in [4.69, 9.17) is 14.6 Å². The molecule has 3 rings (SSSR count). The quantitative estimate of drug-likeness (QED) is 0.842. The van der Waals surface area contributed by atoms with Crippen molar-refractivity contribution in [2.24, 2.45) is 5.92 Å². The summed E-state index contributed by atoms with van der Waals surface area (Å²) in [6.07, 6.45) is 0.947. The summed E-state index contributed by atoms with van der Waals surface area (Å²) in [7, 11) is 0. The second-order valence-corrected chi connectivity index (χ2v) is 6.82. The number of aromatic nitrogens is 1. The van der Waals surface area contributed by atoms with E-state index >= 15 is 0 Å². The molecular weight excluding hydrogens is 365 g/mol. The number of aliphatic carboxylic acids is 1. The van der Waals surface area contributed by atoms with Gasteiger partial charge in [0.1, 0.15) is 5.69 Å². The number of likely N-dealkylation sites (tertiary alicyclic amines) is 1. The van der Waals surface area contributed by atoms with Gasteiger partial charge >= 0.3 is 12.1 Å². The number of pyridine rings is 1. The Balaban J connectivity index is 0.000000321. The topological polar surface area (TPSA) is 79.7 Å². The third kappa shape index (κ3) is 5.66. The number of nitrogens with zero attached hydrogens (tertiary/aromatic N) is 2. The number of carbonyl (C=O) groups excluding carboxylic acids is 1. The number of halogens is 3. The highest BCUT2D eigenvalue weighted by Crippen LogP contribution is 2.38. The Morgan fingerprint density at radius 2 is 2.11 bits per heavy atom. The second kappa shape index (κ2) is 8.69.